The molecule has 10 heteroatoms. The molecule has 1 N–H and O–H groups in total. The highest BCUT2D eigenvalue weighted by Gasteiger charge is 2.28. The normalized spacial score (nSPS) is 13.1. The predicted octanol–water partition coefficient (Wildman–Crippen LogP) is 7.02. The molecule has 0 saturated heterocycles. The molecule has 0 aliphatic heterocycles. The quantitative estimate of drug-likeness (QED) is 0.157. The van der Waals surface area contributed by atoms with E-state index in [0.29, 0.717) is 18.6 Å². The molecule has 3 aromatic rings. The van der Waals surface area contributed by atoms with E-state index in [9.17, 15) is 13.2 Å². The van der Waals surface area contributed by atoms with Crippen LogP contribution < -0.4 is 14.8 Å². The molecule has 1 amide bonds. The molecule has 0 aliphatic carbocycles. The van der Waals surface area contributed by atoms with Crippen molar-refractivity contribution in [3.8, 4) is 11.5 Å². The van der Waals surface area contributed by atoms with Gasteiger partial charge in [0, 0.05) is 17.0 Å². The topological polar surface area (TPSA) is 100 Å². The number of rotatable bonds is 17. The lowest BCUT2D eigenvalue weighted by molar-refractivity contribution is 0.135. The van der Waals surface area contributed by atoms with Gasteiger partial charge in [-0.3, -0.25) is 4.18 Å². The maximum atomic E-state index is 13.1. The molecule has 0 aliphatic rings. The smallest absolute Gasteiger partial charge is 0.407 e. The lowest BCUT2D eigenvalue weighted by atomic mass is 9.99. The molecule has 44 heavy (non-hydrogen) atoms. The Hall–Kier alpha value is -3.21. The van der Waals surface area contributed by atoms with Gasteiger partial charge in [-0.15, -0.1) is 0 Å². The van der Waals surface area contributed by atoms with Crippen molar-refractivity contribution in [3.05, 3.63) is 95.6 Å². The van der Waals surface area contributed by atoms with Gasteiger partial charge < -0.3 is 19.5 Å². The SMILES string of the molecule is COc1ccc(CSC(CCc2ccccc2OC)C(CCS(=O)(=O)OCC(C)(C)C)NC(=O)OCc2ccccc2)cc1. The van der Waals surface area contributed by atoms with Crippen molar-refractivity contribution in [1.29, 1.82) is 0 Å². The van der Waals surface area contributed by atoms with Crippen LogP contribution in [0.15, 0.2) is 78.9 Å². The van der Waals surface area contributed by atoms with E-state index in [4.69, 9.17) is 18.4 Å². The minimum atomic E-state index is -3.82. The minimum Gasteiger partial charge on any atom is -0.497 e. The number of carbonyl (C=O) groups excluding carboxylic acids is 1. The molecule has 2 unspecified atom stereocenters. The number of hydrogen-bond acceptors (Lipinski definition) is 8. The van der Waals surface area contributed by atoms with Crippen molar-refractivity contribution in [2.45, 2.75) is 63.7 Å². The van der Waals surface area contributed by atoms with E-state index < -0.39 is 22.3 Å². The number of aryl methyl sites for hydroxylation is 1. The number of carbonyl (C=O) groups is 1. The summed E-state index contributed by atoms with van der Waals surface area (Å²) >= 11 is 1.67. The summed E-state index contributed by atoms with van der Waals surface area (Å²) in [5, 5.41) is 2.85. The summed E-state index contributed by atoms with van der Waals surface area (Å²) < 4.78 is 47.6. The highest BCUT2D eigenvalue weighted by atomic mass is 32.2. The van der Waals surface area contributed by atoms with E-state index in [-0.39, 0.29) is 36.1 Å². The molecular formula is C34H45NO7S2. The Kier molecular flexibility index (Phi) is 13.9. The molecule has 0 heterocycles. The number of para-hydroxylation sites is 1. The molecule has 0 spiro atoms. The van der Waals surface area contributed by atoms with Gasteiger partial charge in [0.1, 0.15) is 18.1 Å². The number of nitrogens with one attached hydrogen (secondary N) is 1. The second-order valence-electron chi connectivity index (χ2n) is 11.7. The zero-order chi connectivity index (χ0) is 32.0. The molecule has 0 fully saturated rings. The van der Waals surface area contributed by atoms with E-state index >= 15 is 0 Å². The number of benzene rings is 3. The average Bonchev–Trinajstić information content (AvgIpc) is 3.02. The van der Waals surface area contributed by atoms with E-state index in [1.165, 1.54) is 0 Å². The number of alkyl carbamates (subject to hydrolysis) is 1. The molecule has 8 nitrogen and oxygen atoms in total. The van der Waals surface area contributed by atoms with Crippen LogP contribution in [0.5, 0.6) is 11.5 Å². The largest absolute Gasteiger partial charge is 0.497 e. The third-order valence-corrected chi connectivity index (χ3v) is 9.53. The highest BCUT2D eigenvalue weighted by Crippen LogP contribution is 2.29. The summed E-state index contributed by atoms with van der Waals surface area (Å²) in [5.41, 5.74) is 2.68. The molecule has 0 radical (unpaired) electrons. The summed E-state index contributed by atoms with van der Waals surface area (Å²) in [6, 6.07) is 24.6. The van der Waals surface area contributed by atoms with Crippen molar-refractivity contribution in [2.75, 3.05) is 26.6 Å². The number of ether oxygens (including phenoxy) is 3. The molecule has 0 aromatic heterocycles. The Morgan fingerprint density at radius 2 is 1.55 bits per heavy atom. The van der Waals surface area contributed by atoms with Gasteiger partial charge in [-0.1, -0.05) is 81.4 Å². The summed E-state index contributed by atoms with van der Waals surface area (Å²) in [6.45, 7) is 5.94. The monoisotopic (exact) mass is 643 g/mol. The Morgan fingerprint density at radius 3 is 2.20 bits per heavy atom. The van der Waals surface area contributed by atoms with Crippen LogP contribution in [0.4, 0.5) is 4.79 Å². The predicted molar refractivity (Wildman–Crippen MR) is 177 cm³/mol. The van der Waals surface area contributed by atoms with E-state index in [0.717, 1.165) is 28.2 Å². The minimum absolute atomic E-state index is 0.0794. The summed E-state index contributed by atoms with van der Waals surface area (Å²) in [4.78, 5) is 13.1. The average molecular weight is 644 g/mol. The van der Waals surface area contributed by atoms with Crippen molar-refractivity contribution < 1.29 is 31.6 Å². The highest BCUT2D eigenvalue weighted by molar-refractivity contribution is 7.99. The number of hydrogen-bond donors (Lipinski definition) is 1. The van der Waals surface area contributed by atoms with Crippen molar-refractivity contribution in [2.24, 2.45) is 5.41 Å². The third-order valence-electron chi connectivity index (χ3n) is 6.83. The maximum absolute atomic E-state index is 13.1. The van der Waals surface area contributed by atoms with Crippen LogP contribution in [0.25, 0.3) is 0 Å². The third kappa shape index (κ3) is 12.8. The lowest BCUT2D eigenvalue weighted by Crippen LogP contribution is -2.43. The lowest BCUT2D eigenvalue weighted by Gasteiger charge is -2.28. The molecule has 240 valence electrons. The van der Waals surface area contributed by atoms with Crippen molar-refractivity contribution in [1.82, 2.24) is 5.32 Å². The number of amides is 1. The van der Waals surface area contributed by atoms with Crippen LogP contribution in [0.3, 0.4) is 0 Å². The number of thioether (sulfide) groups is 1. The first-order valence-corrected chi connectivity index (χ1v) is 17.3. The van der Waals surface area contributed by atoms with E-state index in [1.807, 2.05) is 99.6 Å². The summed E-state index contributed by atoms with van der Waals surface area (Å²) in [7, 11) is -0.550. The van der Waals surface area contributed by atoms with Crippen LogP contribution in [-0.4, -0.2) is 52.4 Å². The summed E-state index contributed by atoms with van der Waals surface area (Å²) in [5.74, 6) is 1.98. The molecule has 0 bridgehead atoms. The van der Waals surface area contributed by atoms with Gasteiger partial charge >= 0.3 is 6.09 Å². The van der Waals surface area contributed by atoms with Crippen LogP contribution >= 0.6 is 11.8 Å². The van der Waals surface area contributed by atoms with Gasteiger partial charge in [0.05, 0.1) is 26.6 Å². The first-order chi connectivity index (χ1) is 21.0. The van der Waals surface area contributed by atoms with Gasteiger partial charge in [-0.05, 0) is 59.6 Å². The zero-order valence-corrected chi connectivity index (χ0v) is 27.9. The molecule has 0 saturated carbocycles. The fraction of sp³-hybridized carbons (Fsp3) is 0.441. The molecule has 3 rings (SSSR count). The molecule has 2 atom stereocenters. The molecular weight excluding hydrogens is 599 g/mol. The van der Waals surface area contributed by atoms with E-state index in [2.05, 4.69) is 5.32 Å². The maximum Gasteiger partial charge on any atom is 0.407 e. The number of methoxy groups -OCH3 is 2. The second-order valence-corrected chi connectivity index (χ2v) is 14.7. The summed E-state index contributed by atoms with van der Waals surface area (Å²) in [6.07, 6.45) is 0.904. The standard InChI is InChI=1S/C34H45NO7S2/c1-34(2,3)25-42-44(37,38)22-21-30(35-33(36)41-23-26-11-7-6-8-12-26)32(20-17-28-13-9-10-14-31(28)40-5)43-24-27-15-18-29(39-4)19-16-27/h6-16,18-19,30,32H,17,20-25H2,1-5H3,(H,35,36). The molecule has 3 aromatic carbocycles. The first kappa shape index (κ1) is 35.3. The fourth-order valence-electron chi connectivity index (χ4n) is 4.40. The van der Waals surface area contributed by atoms with Gasteiger partial charge in [-0.2, -0.15) is 20.2 Å². The van der Waals surface area contributed by atoms with Gasteiger partial charge in [-0.25, -0.2) is 4.79 Å². The van der Waals surface area contributed by atoms with Crippen molar-refractivity contribution in [3.63, 3.8) is 0 Å². The second kappa shape index (κ2) is 17.3. The Bertz CT molecular complexity index is 1390. The van der Waals surface area contributed by atoms with Crippen LogP contribution in [0.1, 0.15) is 50.3 Å². The van der Waals surface area contributed by atoms with Crippen LogP contribution in [0.2, 0.25) is 0 Å². The zero-order valence-electron chi connectivity index (χ0n) is 26.3. The van der Waals surface area contributed by atoms with Crippen molar-refractivity contribution >= 4 is 28.0 Å². The Labute approximate surface area is 267 Å². The Morgan fingerprint density at radius 1 is 0.864 bits per heavy atom. The fourth-order valence-corrected chi connectivity index (χ4v) is 6.91. The van der Waals surface area contributed by atoms with Crippen LogP contribution in [-0.2, 0) is 37.8 Å². The Balaban J connectivity index is 1.82. The van der Waals surface area contributed by atoms with Gasteiger partial charge in [0.15, 0.2) is 0 Å². The van der Waals surface area contributed by atoms with Gasteiger partial charge in [0.2, 0.25) is 0 Å². The van der Waals surface area contributed by atoms with Crippen LogP contribution in [0, 0.1) is 5.41 Å². The first-order valence-electron chi connectivity index (χ1n) is 14.7. The van der Waals surface area contributed by atoms with E-state index in [1.54, 1.807) is 26.0 Å². The van der Waals surface area contributed by atoms with Gasteiger partial charge in [0.25, 0.3) is 10.1 Å².